The number of nitrogens with two attached hydrogens (primary N) is 3. The van der Waals surface area contributed by atoms with Crippen molar-refractivity contribution < 1.29 is 43.2 Å². The molecule has 0 saturated heterocycles. The lowest BCUT2D eigenvalue weighted by molar-refractivity contribution is -0.135. The number of para-hydroxylation sites is 1. The Balaban J connectivity index is 1.24. The Bertz CT molecular complexity index is 2920. The van der Waals surface area contributed by atoms with E-state index in [1.54, 1.807) is 20.0 Å². The Labute approximate surface area is 466 Å². The number of hydrogen-bond acceptors (Lipinski definition) is 12. The van der Waals surface area contributed by atoms with Gasteiger partial charge in [0.05, 0.1) is 25.0 Å². The number of primary amides is 2. The maximum atomic E-state index is 14.3. The van der Waals surface area contributed by atoms with E-state index < -0.39 is 114 Å². The fourth-order valence-corrected chi connectivity index (χ4v) is 9.21. The van der Waals surface area contributed by atoms with Crippen molar-refractivity contribution in [2.75, 3.05) is 13.1 Å². The lowest BCUT2D eigenvalue weighted by atomic mass is 10.0. The number of hydrogen-bond donors (Lipinski definition) is 13. The molecule has 0 saturated carbocycles. The number of carbonyl (C=O) groups is 9. The third kappa shape index (κ3) is 19.6. The first-order valence-electron chi connectivity index (χ1n) is 27.1. The molecule has 0 radical (unpaired) electrons. The molecule has 80 heavy (non-hydrogen) atoms. The standard InChI is InChI=1S/C57H80N14O9/c1-31(2)20-40(28-63-45(51(60)74)21-32(3)4)67-56(79)47(25-39-27-61-30-65-39)68-49(73)29-64-57(80)50(33(5)6)71-52(75)34(7)66-55(78)46(24-38-26-62-43-15-11-10-14-41(38)43)70-54(77)44(18-19-48(59)72)69-53(76)42(58)23-35-16-17-36-12-8-9-13-37(36)22-35/h8-17,22,26-27,30-34,40,42,44-47,50,62-63H,18-21,23-25,28-29,58H2,1-7H3,(H2,59,72)(H2,60,74)(H,61,65)(H,64,80)(H,66,78)(H,67,79)(H,68,73)(H,69,76)(H,70,77)(H,71,75)/t34-,40-,42+,44-,45-,46-,47-,50-/m0/s1. The van der Waals surface area contributed by atoms with Gasteiger partial charge in [0.15, 0.2) is 0 Å². The van der Waals surface area contributed by atoms with Crippen LogP contribution >= 0.6 is 0 Å². The van der Waals surface area contributed by atoms with E-state index in [4.69, 9.17) is 17.2 Å². The quantitative estimate of drug-likeness (QED) is 0.0286. The van der Waals surface area contributed by atoms with Gasteiger partial charge in [0.1, 0.15) is 30.2 Å². The average molecular weight is 1110 g/mol. The first-order valence-corrected chi connectivity index (χ1v) is 27.1. The van der Waals surface area contributed by atoms with Crippen LogP contribution in [0.1, 0.15) is 91.0 Å². The van der Waals surface area contributed by atoms with Gasteiger partial charge in [-0.05, 0) is 78.3 Å². The molecule has 432 valence electrons. The number of rotatable bonds is 32. The molecule has 2 heterocycles. The number of aromatic nitrogens is 3. The summed E-state index contributed by atoms with van der Waals surface area (Å²) in [6, 6.07) is 12.3. The fourth-order valence-electron chi connectivity index (χ4n) is 9.21. The van der Waals surface area contributed by atoms with Crippen molar-refractivity contribution >= 4 is 74.8 Å². The van der Waals surface area contributed by atoms with Gasteiger partial charge in [0.2, 0.25) is 53.2 Å². The minimum absolute atomic E-state index is 0.0275. The summed E-state index contributed by atoms with van der Waals surface area (Å²) in [6.45, 7) is 12.3. The summed E-state index contributed by atoms with van der Waals surface area (Å²) in [5.74, 6) is -6.41. The lowest BCUT2D eigenvalue weighted by Gasteiger charge is -2.27. The van der Waals surface area contributed by atoms with Gasteiger partial charge in [-0.1, -0.05) is 102 Å². The Kier molecular flexibility index (Phi) is 23.7. The zero-order valence-electron chi connectivity index (χ0n) is 46.7. The molecule has 0 aliphatic rings. The van der Waals surface area contributed by atoms with Gasteiger partial charge in [-0.15, -0.1) is 0 Å². The van der Waals surface area contributed by atoms with Crippen molar-refractivity contribution in [1.29, 1.82) is 0 Å². The van der Waals surface area contributed by atoms with E-state index in [9.17, 15) is 43.2 Å². The van der Waals surface area contributed by atoms with Crippen LogP contribution in [0, 0.1) is 17.8 Å². The molecule has 5 aromatic rings. The van der Waals surface area contributed by atoms with Crippen LogP contribution in [0.15, 0.2) is 85.5 Å². The van der Waals surface area contributed by atoms with Gasteiger partial charge in [-0.2, -0.15) is 0 Å². The lowest BCUT2D eigenvalue weighted by Crippen LogP contribution is -2.59. The van der Waals surface area contributed by atoms with E-state index in [1.807, 2.05) is 94.4 Å². The van der Waals surface area contributed by atoms with E-state index in [2.05, 4.69) is 57.5 Å². The van der Waals surface area contributed by atoms with E-state index in [1.165, 1.54) is 19.4 Å². The second kappa shape index (κ2) is 30.3. The second-order valence-corrected chi connectivity index (χ2v) is 21.6. The first kappa shape index (κ1) is 62.7. The summed E-state index contributed by atoms with van der Waals surface area (Å²) < 4.78 is 0. The van der Waals surface area contributed by atoms with Crippen molar-refractivity contribution in [3.63, 3.8) is 0 Å². The molecule has 23 nitrogen and oxygen atoms in total. The second-order valence-electron chi connectivity index (χ2n) is 21.6. The Morgan fingerprint density at radius 1 is 0.613 bits per heavy atom. The van der Waals surface area contributed by atoms with Gasteiger partial charge < -0.3 is 69.7 Å². The fraction of sp³-hybridized carbons (Fsp3) is 0.474. The molecule has 9 amide bonds. The number of benzene rings is 3. The summed E-state index contributed by atoms with van der Waals surface area (Å²) in [7, 11) is 0. The largest absolute Gasteiger partial charge is 0.370 e. The Morgan fingerprint density at radius 3 is 1.93 bits per heavy atom. The summed E-state index contributed by atoms with van der Waals surface area (Å²) in [5.41, 5.74) is 20.2. The Morgan fingerprint density at radius 2 is 1.26 bits per heavy atom. The molecule has 8 atom stereocenters. The number of nitrogens with zero attached hydrogens (tertiary/aromatic N) is 1. The number of amides is 9. The first-order chi connectivity index (χ1) is 38.0. The minimum Gasteiger partial charge on any atom is -0.370 e. The summed E-state index contributed by atoms with van der Waals surface area (Å²) in [5, 5.41) is 24.8. The highest BCUT2D eigenvalue weighted by atomic mass is 16.2. The number of nitrogens with one attached hydrogen (secondary N) is 10. The molecule has 23 heteroatoms. The summed E-state index contributed by atoms with van der Waals surface area (Å²) >= 11 is 0. The molecule has 0 aliphatic heterocycles. The molecule has 0 bridgehead atoms. The molecule has 0 spiro atoms. The molecule has 16 N–H and O–H groups in total. The van der Waals surface area contributed by atoms with Gasteiger partial charge in [-0.25, -0.2) is 4.98 Å². The number of imidazole rings is 1. The van der Waals surface area contributed by atoms with E-state index in [0.717, 1.165) is 27.2 Å². The maximum absolute atomic E-state index is 14.3. The molecule has 3 aromatic carbocycles. The van der Waals surface area contributed by atoms with Crippen LogP contribution in [0.25, 0.3) is 21.7 Å². The number of aromatic amines is 2. The predicted molar refractivity (Wildman–Crippen MR) is 303 cm³/mol. The normalized spacial score (nSPS) is 14.5. The van der Waals surface area contributed by atoms with E-state index in [-0.39, 0.29) is 50.5 Å². The highest BCUT2D eigenvalue weighted by Crippen LogP contribution is 2.20. The minimum atomic E-state index is -1.35. The van der Waals surface area contributed by atoms with Crippen molar-refractivity contribution in [3.8, 4) is 0 Å². The molecular formula is C57H80N14O9. The predicted octanol–water partition coefficient (Wildman–Crippen LogP) is 0.901. The summed E-state index contributed by atoms with van der Waals surface area (Å²) in [4.78, 5) is 131. The maximum Gasteiger partial charge on any atom is 0.243 e. The Hall–Kier alpha value is -8.18. The van der Waals surface area contributed by atoms with Crippen LogP contribution in [0.3, 0.4) is 0 Å². The van der Waals surface area contributed by atoms with Gasteiger partial charge in [0, 0.05) is 60.8 Å². The molecule has 5 rings (SSSR count). The number of H-pyrrole nitrogens is 2. The third-order valence-corrected chi connectivity index (χ3v) is 13.5. The van der Waals surface area contributed by atoms with E-state index in [0.29, 0.717) is 24.1 Å². The monoisotopic (exact) mass is 1100 g/mol. The van der Waals surface area contributed by atoms with Crippen molar-refractivity contribution in [1.82, 2.24) is 57.5 Å². The number of carbonyl (C=O) groups excluding carboxylic acids is 9. The van der Waals surface area contributed by atoms with Crippen molar-refractivity contribution in [2.45, 2.75) is 142 Å². The highest BCUT2D eigenvalue weighted by molar-refractivity contribution is 5.97. The average Bonchev–Trinajstić information content (AvgIpc) is 4.09. The topological polar surface area (TPSA) is 372 Å². The van der Waals surface area contributed by atoms with Crippen LogP contribution in [-0.2, 0) is 62.4 Å². The molecule has 2 aromatic heterocycles. The molecular weight excluding hydrogens is 1020 g/mol. The highest BCUT2D eigenvalue weighted by Gasteiger charge is 2.33. The third-order valence-electron chi connectivity index (χ3n) is 13.5. The van der Waals surface area contributed by atoms with Crippen LogP contribution in [0.2, 0.25) is 0 Å². The van der Waals surface area contributed by atoms with Crippen LogP contribution < -0.4 is 59.7 Å². The van der Waals surface area contributed by atoms with Gasteiger partial charge in [-0.3, -0.25) is 43.2 Å². The molecule has 0 aliphatic carbocycles. The van der Waals surface area contributed by atoms with Crippen LogP contribution in [-0.4, -0.2) is 130 Å². The smallest absolute Gasteiger partial charge is 0.243 e. The van der Waals surface area contributed by atoms with E-state index >= 15 is 0 Å². The van der Waals surface area contributed by atoms with Crippen molar-refractivity contribution in [3.05, 3.63) is 102 Å². The van der Waals surface area contributed by atoms with Gasteiger partial charge in [0.25, 0.3) is 0 Å². The van der Waals surface area contributed by atoms with Crippen LogP contribution in [0.5, 0.6) is 0 Å². The van der Waals surface area contributed by atoms with Crippen LogP contribution in [0.4, 0.5) is 0 Å². The van der Waals surface area contributed by atoms with Gasteiger partial charge >= 0.3 is 0 Å². The van der Waals surface area contributed by atoms with Crippen molar-refractivity contribution in [2.24, 2.45) is 35.0 Å². The molecule has 0 fully saturated rings. The zero-order chi connectivity index (χ0) is 58.6. The zero-order valence-corrected chi connectivity index (χ0v) is 46.7. The summed E-state index contributed by atoms with van der Waals surface area (Å²) in [6.07, 6.45) is 5.27. The number of fused-ring (bicyclic) bond motifs is 2. The SMILES string of the molecule is CC(C)C[C@@H](CN[C@@H](CC(C)C)C(N)=O)NC(=O)[C@H](Cc1cnc[nH]1)NC(=O)CNC(=O)[C@@H](NC(=O)[C@H](C)NC(=O)[C@H](Cc1c[nH]c2ccccc12)NC(=O)[C@H](CCC(N)=O)NC(=O)[C@H](N)Cc1ccc2ccccc2c1)C(C)C. The molecule has 0 unspecified atom stereocenters.